The second-order valence-corrected chi connectivity index (χ2v) is 4.50. The van der Waals surface area contributed by atoms with Crippen LogP contribution in [0.3, 0.4) is 0 Å². The summed E-state index contributed by atoms with van der Waals surface area (Å²) in [7, 11) is 1.53. The third kappa shape index (κ3) is 3.62. The van der Waals surface area contributed by atoms with Crippen molar-refractivity contribution in [3.63, 3.8) is 0 Å². The number of hydrogen-bond donors (Lipinski definition) is 1. The van der Waals surface area contributed by atoms with Crippen molar-refractivity contribution in [1.82, 2.24) is 0 Å². The molecule has 1 aromatic rings. The van der Waals surface area contributed by atoms with E-state index in [2.05, 4.69) is 5.32 Å². The Balaban J connectivity index is 2.92. The van der Waals surface area contributed by atoms with Crippen LogP contribution in [0.5, 0.6) is 0 Å². The number of carbonyl (C=O) groups excluding carboxylic acids is 1. The number of benzene rings is 1. The van der Waals surface area contributed by atoms with E-state index >= 15 is 0 Å². The first-order valence-corrected chi connectivity index (χ1v) is 6.10. The third-order valence-corrected chi connectivity index (χ3v) is 2.77. The molecule has 1 atom stereocenters. The van der Waals surface area contributed by atoms with E-state index in [1.54, 1.807) is 26.0 Å². The zero-order valence-corrected chi connectivity index (χ0v) is 11.6. The number of hydrogen-bond acceptors (Lipinski definition) is 4. The predicted molar refractivity (Wildman–Crippen MR) is 72.0 cm³/mol. The van der Waals surface area contributed by atoms with E-state index in [4.69, 9.17) is 21.1 Å². The van der Waals surface area contributed by atoms with E-state index in [0.717, 1.165) is 0 Å². The molecule has 1 N–H and O–H groups in total. The number of anilines is 1. The molecule has 0 radical (unpaired) electrons. The summed E-state index contributed by atoms with van der Waals surface area (Å²) in [5.74, 6) is -0.369. The Hall–Kier alpha value is -1.26. The van der Waals surface area contributed by atoms with Gasteiger partial charge in [-0.25, -0.2) is 4.79 Å². The van der Waals surface area contributed by atoms with Gasteiger partial charge in [-0.2, -0.15) is 0 Å². The molecule has 1 rings (SSSR count). The highest BCUT2D eigenvalue weighted by molar-refractivity contribution is 6.33. The molecular weight excluding hydrogens is 254 g/mol. The highest BCUT2D eigenvalue weighted by Crippen LogP contribution is 2.25. The molecule has 0 spiro atoms. The quantitative estimate of drug-likeness (QED) is 0.808. The second-order valence-electron chi connectivity index (χ2n) is 4.09. The number of methoxy groups -OCH3 is 1. The van der Waals surface area contributed by atoms with Gasteiger partial charge in [0.2, 0.25) is 0 Å². The minimum atomic E-state index is -0.963. The van der Waals surface area contributed by atoms with Crippen LogP contribution < -0.4 is 5.32 Å². The van der Waals surface area contributed by atoms with E-state index < -0.39 is 5.54 Å². The molecule has 1 aromatic carbocycles. The maximum atomic E-state index is 12.0. The zero-order chi connectivity index (χ0) is 13.6. The van der Waals surface area contributed by atoms with Crippen molar-refractivity contribution in [2.75, 3.05) is 25.6 Å². The topological polar surface area (TPSA) is 47.6 Å². The van der Waals surface area contributed by atoms with Crippen LogP contribution in [-0.2, 0) is 14.3 Å². The highest BCUT2D eigenvalue weighted by atomic mass is 35.5. The monoisotopic (exact) mass is 271 g/mol. The molecule has 0 aromatic heterocycles. The molecule has 5 heteroatoms. The minimum Gasteiger partial charge on any atom is -0.464 e. The summed E-state index contributed by atoms with van der Waals surface area (Å²) >= 11 is 6.06. The van der Waals surface area contributed by atoms with Crippen LogP contribution >= 0.6 is 11.6 Å². The molecule has 0 amide bonds. The van der Waals surface area contributed by atoms with Gasteiger partial charge in [-0.3, -0.25) is 0 Å². The van der Waals surface area contributed by atoms with Gasteiger partial charge in [-0.1, -0.05) is 23.7 Å². The minimum absolute atomic E-state index is 0.192. The lowest BCUT2D eigenvalue weighted by Gasteiger charge is -2.29. The number of ether oxygens (including phenoxy) is 2. The first-order chi connectivity index (χ1) is 8.53. The van der Waals surface area contributed by atoms with Gasteiger partial charge in [-0.15, -0.1) is 0 Å². The second kappa shape index (κ2) is 6.61. The maximum absolute atomic E-state index is 12.0. The van der Waals surface area contributed by atoms with E-state index in [-0.39, 0.29) is 12.6 Å². The fraction of sp³-hybridized carbons (Fsp3) is 0.462. The molecule has 0 heterocycles. The third-order valence-electron chi connectivity index (χ3n) is 2.44. The van der Waals surface area contributed by atoms with Crippen LogP contribution in [0.25, 0.3) is 0 Å². The highest BCUT2D eigenvalue weighted by Gasteiger charge is 2.35. The normalized spacial score (nSPS) is 13.8. The lowest BCUT2D eigenvalue weighted by Crippen LogP contribution is -2.48. The molecule has 1 unspecified atom stereocenters. The van der Waals surface area contributed by atoms with Crippen LogP contribution in [-0.4, -0.2) is 31.8 Å². The largest absolute Gasteiger partial charge is 0.464 e. The summed E-state index contributed by atoms with van der Waals surface area (Å²) in [6.45, 7) is 4.00. The van der Waals surface area contributed by atoms with Crippen LogP contribution in [0, 0.1) is 0 Å². The average molecular weight is 272 g/mol. The van der Waals surface area contributed by atoms with Crippen molar-refractivity contribution in [2.45, 2.75) is 19.4 Å². The Morgan fingerprint density at radius 3 is 2.67 bits per heavy atom. The van der Waals surface area contributed by atoms with Gasteiger partial charge >= 0.3 is 5.97 Å². The molecule has 0 aliphatic carbocycles. The molecule has 100 valence electrons. The smallest absolute Gasteiger partial charge is 0.333 e. The average Bonchev–Trinajstić information content (AvgIpc) is 2.33. The van der Waals surface area contributed by atoms with Crippen molar-refractivity contribution in [3.05, 3.63) is 29.3 Å². The summed E-state index contributed by atoms with van der Waals surface area (Å²) in [6, 6.07) is 7.22. The van der Waals surface area contributed by atoms with Crippen LogP contribution in [0.2, 0.25) is 5.02 Å². The summed E-state index contributed by atoms with van der Waals surface area (Å²) in [5, 5.41) is 3.62. The molecule has 0 aliphatic rings. The fourth-order valence-corrected chi connectivity index (χ4v) is 1.77. The van der Waals surface area contributed by atoms with Crippen LogP contribution in [0.15, 0.2) is 24.3 Å². The molecule has 0 bridgehead atoms. The Kier molecular flexibility index (Phi) is 5.44. The van der Waals surface area contributed by atoms with E-state index in [1.807, 2.05) is 12.1 Å². The van der Waals surface area contributed by atoms with Crippen molar-refractivity contribution in [3.8, 4) is 0 Å². The lowest BCUT2D eigenvalue weighted by atomic mass is 10.0. The Bertz CT molecular complexity index is 411. The van der Waals surface area contributed by atoms with Crippen LogP contribution in [0.1, 0.15) is 13.8 Å². The first-order valence-electron chi connectivity index (χ1n) is 5.72. The summed E-state index contributed by atoms with van der Waals surface area (Å²) in [4.78, 5) is 12.0. The van der Waals surface area contributed by atoms with Crippen molar-refractivity contribution < 1.29 is 14.3 Å². The number of esters is 1. The Morgan fingerprint density at radius 1 is 1.44 bits per heavy atom. The SMILES string of the molecule is CCOC(=O)C(C)(COC)Nc1ccccc1Cl. The molecule has 0 saturated carbocycles. The van der Waals surface area contributed by atoms with Gasteiger partial charge in [0, 0.05) is 7.11 Å². The van der Waals surface area contributed by atoms with Gasteiger partial charge in [-0.05, 0) is 26.0 Å². The number of halogens is 1. The standard InChI is InChI=1S/C13H18ClNO3/c1-4-18-12(16)13(2,9-17-3)15-11-8-6-5-7-10(11)14/h5-8,15H,4,9H2,1-3H3. The number of rotatable bonds is 6. The van der Waals surface area contributed by atoms with Gasteiger partial charge < -0.3 is 14.8 Å². The number of para-hydroxylation sites is 1. The number of nitrogens with one attached hydrogen (secondary N) is 1. The fourth-order valence-electron chi connectivity index (χ4n) is 1.58. The molecule has 18 heavy (non-hydrogen) atoms. The summed E-state index contributed by atoms with van der Waals surface area (Å²) in [6.07, 6.45) is 0. The van der Waals surface area contributed by atoms with Crippen LogP contribution in [0.4, 0.5) is 5.69 Å². The van der Waals surface area contributed by atoms with E-state index in [9.17, 15) is 4.79 Å². The Morgan fingerprint density at radius 2 is 2.11 bits per heavy atom. The molecular formula is C13H18ClNO3. The Labute approximate surface area is 112 Å². The van der Waals surface area contributed by atoms with Gasteiger partial charge in [0.15, 0.2) is 5.54 Å². The van der Waals surface area contributed by atoms with Crippen molar-refractivity contribution >= 4 is 23.3 Å². The van der Waals surface area contributed by atoms with Gasteiger partial charge in [0.05, 0.1) is 23.9 Å². The molecule has 0 aliphatic heterocycles. The van der Waals surface area contributed by atoms with Crippen molar-refractivity contribution in [1.29, 1.82) is 0 Å². The van der Waals surface area contributed by atoms with E-state index in [1.165, 1.54) is 7.11 Å². The maximum Gasteiger partial charge on any atom is 0.333 e. The lowest BCUT2D eigenvalue weighted by molar-refractivity contribution is -0.149. The molecule has 4 nitrogen and oxygen atoms in total. The summed E-state index contributed by atoms with van der Waals surface area (Å²) < 4.78 is 10.1. The zero-order valence-electron chi connectivity index (χ0n) is 10.8. The summed E-state index contributed by atoms with van der Waals surface area (Å²) in [5.41, 5.74) is -0.290. The molecule has 0 fully saturated rings. The molecule has 0 saturated heterocycles. The van der Waals surface area contributed by atoms with Gasteiger partial charge in [0.25, 0.3) is 0 Å². The van der Waals surface area contributed by atoms with Crippen molar-refractivity contribution in [2.24, 2.45) is 0 Å². The first kappa shape index (κ1) is 14.8. The number of carbonyl (C=O) groups is 1. The predicted octanol–water partition coefficient (Wildman–Crippen LogP) is 2.72. The van der Waals surface area contributed by atoms with E-state index in [0.29, 0.717) is 17.3 Å². The van der Waals surface area contributed by atoms with Gasteiger partial charge in [0.1, 0.15) is 0 Å².